The zero-order chi connectivity index (χ0) is 22.7. The summed E-state index contributed by atoms with van der Waals surface area (Å²) in [4.78, 5) is 28.4. The smallest absolute Gasteiger partial charge is 0.238 e. The van der Waals surface area contributed by atoms with Crippen molar-refractivity contribution in [3.63, 3.8) is 0 Å². The van der Waals surface area contributed by atoms with E-state index >= 15 is 0 Å². The lowest BCUT2D eigenvalue weighted by Gasteiger charge is -2.35. The Bertz CT molecular complexity index is 1100. The Labute approximate surface area is 188 Å². The predicted molar refractivity (Wildman–Crippen MR) is 127 cm³/mol. The highest BCUT2D eigenvalue weighted by Gasteiger charge is 2.24. The fourth-order valence-corrected chi connectivity index (χ4v) is 4.23. The maximum atomic E-state index is 12.5. The van der Waals surface area contributed by atoms with Gasteiger partial charge in [0.2, 0.25) is 5.91 Å². The van der Waals surface area contributed by atoms with Crippen LogP contribution < -0.4 is 10.2 Å². The van der Waals surface area contributed by atoms with Crippen molar-refractivity contribution in [2.75, 3.05) is 42.9 Å². The molecule has 7 heteroatoms. The van der Waals surface area contributed by atoms with Crippen LogP contribution in [0.5, 0.6) is 0 Å². The Morgan fingerprint density at radius 2 is 1.59 bits per heavy atom. The Kier molecular flexibility index (Phi) is 6.37. The van der Waals surface area contributed by atoms with Gasteiger partial charge in [-0.3, -0.25) is 14.5 Å². The third-order valence-electron chi connectivity index (χ3n) is 5.88. The van der Waals surface area contributed by atoms with Crippen LogP contribution in [0.1, 0.15) is 28.7 Å². The number of carbonyl (C=O) groups is 2. The number of piperazine rings is 1. The first-order valence-electron chi connectivity index (χ1n) is 10.9. The summed E-state index contributed by atoms with van der Waals surface area (Å²) in [6.07, 6.45) is 0. The first kappa shape index (κ1) is 21.8. The number of nitrogens with zero attached hydrogens (tertiary/aromatic N) is 4. The number of ketones is 1. The van der Waals surface area contributed by atoms with Crippen LogP contribution in [0, 0.1) is 13.8 Å². The molecular formula is C25H29N5O2. The third kappa shape index (κ3) is 4.73. The SMILES string of the molecule is CC(=O)c1ccc(NC(=O)CN2CCN(c3c(C)nn(-c4ccccc4)c3C)CC2)cc1. The molecule has 32 heavy (non-hydrogen) atoms. The standard InChI is InChI=1S/C25H29N5O2/c1-18-25(19(2)30(27-18)23-7-5-4-6-8-23)29-15-13-28(14-16-29)17-24(32)26-22-11-9-21(10-12-22)20(3)31/h4-12H,13-17H2,1-3H3,(H,26,32). The van der Waals surface area contributed by atoms with Gasteiger partial charge in [0, 0.05) is 37.4 Å². The topological polar surface area (TPSA) is 70.5 Å². The van der Waals surface area contributed by atoms with Crippen LogP contribution in [0.4, 0.5) is 11.4 Å². The average Bonchev–Trinajstić information content (AvgIpc) is 3.09. The average molecular weight is 432 g/mol. The van der Waals surface area contributed by atoms with Crippen molar-refractivity contribution in [1.29, 1.82) is 0 Å². The molecule has 3 aromatic rings. The first-order chi connectivity index (χ1) is 15.4. The van der Waals surface area contributed by atoms with Gasteiger partial charge in [0.25, 0.3) is 0 Å². The molecule has 1 amide bonds. The van der Waals surface area contributed by atoms with Crippen molar-refractivity contribution in [2.45, 2.75) is 20.8 Å². The number of nitrogens with one attached hydrogen (secondary N) is 1. The van der Waals surface area contributed by atoms with Crippen molar-refractivity contribution in [3.05, 3.63) is 71.5 Å². The second-order valence-corrected chi connectivity index (χ2v) is 8.21. The molecule has 0 aliphatic carbocycles. The van der Waals surface area contributed by atoms with Gasteiger partial charge < -0.3 is 10.2 Å². The van der Waals surface area contributed by atoms with Gasteiger partial charge in [-0.15, -0.1) is 0 Å². The summed E-state index contributed by atoms with van der Waals surface area (Å²) in [5, 5.41) is 7.68. The van der Waals surface area contributed by atoms with Crippen molar-refractivity contribution in [1.82, 2.24) is 14.7 Å². The quantitative estimate of drug-likeness (QED) is 0.606. The Hall–Kier alpha value is -3.45. The summed E-state index contributed by atoms with van der Waals surface area (Å²) >= 11 is 0. The summed E-state index contributed by atoms with van der Waals surface area (Å²) in [5.41, 5.74) is 5.74. The van der Waals surface area contributed by atoms with Gasteiger partial charge in [0.1, 0.15) is 0 Å². The lowest BCUT2D eigenvalue weighted by molar-refractivity contribution is -0.117. The van der Waals surface area contributed by atoms with E-state index in [1.165, 1.54) is 12.6 Å². The van der Waals surface area contributed by atoms with E-state index < -0.39 is 0 Å². The summed E-state index contributed by atoms with van der Waals surface area (Å²) in [7, 11) is 0. The van der Waals surface area contributed by atoms with E-state index in [1.54, 1.807) is 24.3 Å². The molecule has 1 fully saturated rings. The molecule has 0 unspecified atom stereocenters. The molecule has 2 heterocycles. The van der Waals surface area contributed by atoms with Crippen LogP contribution in [0.3, 0.4) is 0 Å². The molecular weight excluding hydrogens is 402 g/mol. The number of rotatable bonds is 6. The molecule has 1 aliphatic rings. The summed E-state index contributed by atoms with van der Waals surface area (Å²) in [5.74, 6) is -0.0289. The molecule has 1 aliphatic heterocycles. The molecule has 0 atom stereocenters. The van der Waals surface area contributed by atoms with Crippen LogP contribution in [0.25, 0.3) is 5.69 Å². The minimum atomic E-state index is -0.0433. The molecule has 1 N–H and O–H groups in total. The van der Waals surface area contributed by atoms with E-state index in [2.05, 4.69) is 41.1 Å². The van der Waals surface area contributed by atoms with Crippen LogP contribution in [0.15, 0.2) is 54.6 Å². The molecule has 166 valence electrons. The van der Waals surface area contributed by atoms with E-state index in [4.69, 9.17) is 5.10 Å². The van der Waals surface area contributed by atoms with Crippen LogP contribution >= 0.6 is 0 Å². The minimum absolute atomic E-state index is 0.0144. The minimum Gasteiger partial charge on any atom is -0.366 e. The van der Waals surface area contributed by atoms with Gasteiger partial charge in [0.15, 0.2) is 5.78 Å². The fraction of sp³-hybridized carbons (Fsp3) is 0.320. The van der Waals surface area contributed by atoms with Crippen molar-refractivity contribution in [2.24, 2.45) is 0 Å². The number of Topliss-reactive ketones (excluding diaryl/α,β-unsaturated/α-hetero) is 1. The molecule has 4 rings (SSSR count). The number of aryl methyl sites for hydroxylation is 1. The van der Waals surface area contributed by atoms with Crippen molar-refractivity contribution in [3.8, 4) is 5.69 Å². The number of hydrogen-bond acceptors (Lipinski definition) is 5. The number of hydrogen-bond donors (Lipinski definition) is 1. The Balaban J connectivity index is 1.34. The molecule has 7 nitrogen and oxygen atoms in total. The van der Waals surface area contributed by atoms with Crippen LogP contribution in [-0.2, 0) is 4.79 Å². The third-order valence-corrected chi connectivity index (χ3v) is 5.88. The molecule has 1 aromatic heterocycles. The molecule has 0 bridgehead atoms. The maximum Gasteiger partial charge on any atom is 0.238 e. The molecule has 1 saturated heterocycles. The molecule has 2 aromatic carbocycles. The van der Waals surface area contributed by atoms with E-state index in [0.29, 0.717) is 17.8 Å². The molecule has 0 radical (unpaired) electrons. The van der Waals surface area contributed by atoms with Gasteiger partial charge in [-0.25, -0.2) is 4.68 Å². The Morgan fingerprint density at radius 1 is 0.938 bits per heavy atom. The zero-order valence-corrected chi connectivity index (χ0v) is 18.8. The number of para-hydroxylation sites is 1. The number of anilines is 2. The van der Waals surface area contributed by atoms with Crippen molar-refractivity contribution < 1.29 is 9.59 Å². The normalized spacial score (nSPS) is 14.4. The van der Waals surface area contributed by atoms with Gasteiger partial charge >= 0.3 is 0 Å². The second-order valence-electron chi connectivity index (χ2n) is 8.21. The predicted octanol–water partition coefficient (Wildman–Crippen LogP) is 3.45. The number of aromatic nitrogens is 2. The largest absolute Gasteiger partial charge is 0.366 e. The van der Waals surface area contributed by atoms with E-state index in [-0.39, 0.29) is 11.7 Å². The van der Waals surface area contributed by atoms with Gasteiger partial charge in [-0.05, 0) is 57.2 Å². The van der Waals surface area contributed by atoms with Crippen molar-refractivity contribution >= 4 is 23.1 Å². The first-order valence-corrected chi connectivity index (χ1v) is 10.9. The summed E-state index contributed by atoms with van der Waals surface area (Å²) in [6, 6.07) is 17.2. The number of amides is 1. The van der Waals surface area contributed by atoms with E-state index in [9.17, 15) is 9.59 Å². The number of carbonyl (C=O) groups excluding carboxylic acids is 2. The fourth-order valence-electron chi connectivity index (χ4n) is 4.23. The molecule has 0 saturated carbocycles. The monoisotopic (exact) mass is 431 g/mol. The second kappa shape index (κ2) is 9.36. The summed E-state index contributed by atoms with van der Waals surface area (Å²) in [6.45, 7) is 9.37. The highest BCUT2D eigenvalue weighted by molar-refractivity contribution is 5.96. The van der Waals surface area contributed by atoms with E-state index in [1.807, 2.05) is 22.9 Å². The molecule has 0 spiro atoms. The lowest BCUT2D eigenvalue weighted by Crippen LogP contribution is -2.49. The summed E-state index contributed by atoms with van der Waals surface area (Å²) < 4.78 is 2.00. The highest BCUT2D eigenvalue weighted by Crippen LogP contribution is 2.27. The van der Waals surface area contributed by atoms with E-state index in [0.717, 1.165) is 43.3 Å². The van der Waals surface area contributed by atoms with Gasteiger partial charge in [-0.1, -0.05) is 18.2 Å². The van der Waals surface area contributed by atoms with Gasteiger partial charge in [0.05, 0.1) is 29.3 Å². The maximum absolute atomic E-state index is 12.5. The Morgan fingerprint density at radius 3 is 2.22 bits per heavy atom. The number of benzene rings is 2. The highest BCUT2D eigenvalue weighted by atomic mass is 16.2. The lowest BCUT2D eigenvalue weighted by atomic mass is 10.1. The van der Waals surface area contributed by atoms with Crippen LogP contribution in [-0.4, -0.2) is 59.1 Å². The van der Waals surface area contributed by atoms with Crippen LogP contribution in [0.2, 0.25) is 0 Å². The van der Waals surface area contributed by atoms with Gasteiger partial charge in [-0.2, -0.15) is 5.10 Å². The zero-order valence-electron chi connectivity index (χ0n) is 18.8.